The zero-order valence-corrected chi connectivity index (χ0v) is 11.1. The molecule has 2 N–H and O–H groups in total. The Balaban J connectivity index is 2.15. The predicted octanol–water partition coefficient (Wildman–Crippen LogP) is 1.91. The summed E-state index contributed by atoms with van der Waals surface area (Å²) in [4.78, 5) is 6.69. The fourth-order valence-electron chi connectivity index (χ4n) is 2.53. The number of nitrogens with zero attached hydrogens (tertiary/aromatic N) is 2. The molecule has 1 unspecified atom stereocenters. The molecule has 0 saturated carbocycles. The molecular weight excluding hydrogens is 210 g/mol. The van der Waals surface area contributed by atoms with Crippen LogP contribution in [0.2, 0.25) is 0 Å². The lowest BCUT2D eigenvalue weighted by atomic mass is 9.84. The maximum Gasteiger partial charge on any atom is 0.0315 e. The van der Waals surface area contributed by atoms with Crippen molar-refractivity contribution < 1.29 is 0 Å². The molecule has 1 fully saturated rings. The van der Waals surface area contributed by atoms with E-state index in [9.17, 15) is 0 Å². The molecule has 1 aromatic heterocycles. The van der Waals surface area contributed by atoms with Crippen molar-refractivity contribution in [2.75, 3.05) is 13.1 Å². The van der Waals surface area contributed by atoms with Crippen molar-refractivity contribution in [2.24, 2.45) is 5.73 Å². The lowest BCUT2D eigenvalue weighted by Crippen LogP contribution is -2.27. The van der Waals surface area contributed by atoms with Crippen LogP contribution in [0.3, 0.4) is 0 Å². The van der Waals surface area contributed by atoms with Crippen molar-refractivity contribution in [3.05, 3.63) is 29.6 Å². The molecule has 3 nitrogen and oxygen atoms in total. The van der Waals surface area contributed by atoms with Crippen LogP contribution in [0.4, 0.5) is 0 Å². The van der Waals surface area contributed by atoms with Gasteiger partial charge in [-0.25, -0.2) is 0 Å². The van der Waals surface area contributed by atoms with Crippen molar-refractivity contribution in [1.29, 1.82) is 0 Å². The number of likely N-dealkylation sites (tertiary alicyclic amines) is 1. The van der Waals surface area contributed by atoms with E-state index in [1.165, 1.54) is 11.1 Å². The van der Waals surface area contributed by atoms with Crippen LogP contribution in [0.15, 0.2) is 18.5 Å². The quantitative estimate of drug-likeness (QED) is 0.848. The summed E-state index contributed by atoms with van der Waals surface area (Å²) in [5.41, 5.74) is 8.86. The van der Waals surface area contributed by atoms with Crippen LogP contribution in [0.25, 0.3) is 0 Å². The van der Waals surface area contributed by atoms with Crippen LogP contribution in [0.5, 0.6) is 0 Å². The summed E-state index contributed by atoms with van der Waals surface area (Å²) < 4.78 is 0. The number of hydrogen-bond acceptors (Lipinski definition) is 3. The standard InChI is InChI=1S/C14H23N3/c1-14(2,3)13-4-6-16-8-11(13)9-17-7-5-12(15)10-17/h4,6,8,12H,5,7,9-10,15H2,1-3H3. The molecule has 3 heteroatoms. The van der Waals surface area contributed by atoms with Gasteiger partial charge in [0, 0.05) is 38.1 Å². The van der Waals surface area contributed by atoms with Gasteiger partial charge in [-0.3, -0.25) is 9.88 Å². The predicted molar refractivity (Wildman–Crippen MR) is 70.8 cm³/mol. The van der Waals surface area contributed by atoms with Crippen molar-refractivity contribution >= 4 is 0 Å². The van der Waals surface area contributed by atoms with E-state index in [0.717, 1.165) is 26.1 Å². The van der Waals surface area contributed by atoms with Crippen molar-refractivity contribution in [1.82, 2.24) is 9.88 Å². The van der Waals surface area contributed by atoms with Gasteiger partial charge in [0.05, 0.1) is 0 Å². The van der Waals surface area contributed by atoms with E-state index >= 15 is 0 Å². The third-order valence-corrected chi connectivity index (χ3v) is 3.41. The maximum absolute atomic E-state index is 5.95. The highest BCUT2D eigenvalue weighted by atomic mass is 15.2. The van der Waals surface area contributed by atoms with Gasteiger partial charge in [-0.05, 0) is 29.0 Å². The summed E-state index contributed by atoms with van der Waals surface area (Å²) in [7, 11) is 0. The second-order valence-electron chi connectivity index (χ2n) is 6.07. The summed E-state index contributed by atoms with van der Waals surface area (Å²) in [6.07, 6.45) is 5.01. The van der Waals surface area contributed by atoms with Crippen LogP contribution in [-0.4, -0.2) is 29.0 Å². The van der Waals surface area contributed by atoms with E-state index in [1.54, 1.807) is 0 Å². The molecule has 1 aliphatic heterocycles. The molecule has 17 heavy (non-hydrogen) atoms. The molecule has 1 aliphatic rings. The molecule has 1 atom stereocenters. The molecular formula is C14H23N3. The third-order valence-electron chi connectivity index (χ3n) is 3.41. The van der Waals surface area contributed by atoms with Crippen LogP contribution in [0, 0.1) is 0 Å². The van der Waals surface area contributed by atoms with Gasteiger partial charge < -0.3 is 5.73 Å². The fourth-order valence-corrected chi connectivity index (χ4v) is 2.53. The van der Waals surface area contributed by atoms with Gasteiger partial charge in [0.15, 0.2) is 0 Å². The highest BCUT2D eigenvalue weighted by molar-refractivity contribution is 5.29. The van der Waals surface area contributed by atoms with Gasteiger partial charge in [-0.2, -0.15) is 0 Å². The van der Waals surface area contributed by atoms with E-state index < -0.39 is 0 Å². The monoisotopic (exact) mass is 233 g/mol. The molecule has 0 spiro atoms. The van der Waals surface area contributed by atoms with Crippen molar-refractivity contribution in [3.8, 4) is 0 Å². The third kappa shape index (κ3) is 3.05. The van der Waals surface area contributed by atoms with Gasteiger partial charge in [-0.15, -0.1) is 0 Å². The van der Waals surface area contributed by atoms with Crippen LogP contribution in [-0.2, 0) is 12.0 Å². The molecule has 0 bridgehead atoms. The lowest BCUT2D eigenvalue weighted by molar-refractivity contribution is 0.323. The summed E-state index contributed by atoms with van der Waals surface area (Å²) in [5.74, 6) is 0. The first-order valence-electron chi connectivity index (χ1n) is 6.38. The zero-order chi connectivity index (χ0) is 12.5. The van der Waals surface area contributed by atoms with Gasteiger partial charge >= 0.3 is 0 Å². The van der Waals surface area contributed by atoms with Gasteiger partial charge in [0.1, 0.15) is 0 Å². The van der Waals surface area contributed by atoms with Crippen LogP contribution in [0.1, 0.15) is 38.3 Å². The van der Waals surface area contributed by atoms with E-state index in [4.69, 9.17) is 5.73 Å². The average Bonchev–Trinajstić information content (AvgIpc) is 2.63. The molecule has 1 saturated heterocycles. The Hall–Kier alpha value is -0.930. The van der Waals surface area contributed by atoms with Crippen LogP contribution < -0.4 is 5.73 Å². The first kappa shape index (κ1) is 12.5. The Labute approximate surface area is 104 Å². The summed E-state index contributed by atoms with van der Waals surface area (Å²) in [5, 5.41) is 0. The molecule has 2 rings (SSSR count). The topological polar surface area (TPSA) is 42.2 Å². The first-order valence-corrected chi connectivity index (χ1v) is 6.38. The minimum atomic E-state index is 0.181. The number of pyridine rings is 1. The molecule has 0 amide bonds. The summed E-state index contributed by atoms with van der Waals surface area (Å²) in [6.45, 7) is 9.86. The Morgan fingerprint density at radius 2 is 2.24 bits per heavy atom. The number of rotatable bonds is 2. The first-order chi connectivity index (χ1) is 7.97. The highest BCUT2D eigenvalue weighted by Gasteiger charge is 2.22. The molecule has 2 heterocycles. The summed E-state index contributed by atoms with van der Waals surface area (Å²) in [6, 6.07) is 2.50. The normalized spacial score (nSPS) is 22.0. The number of hydrogen-bond donors (Lipinski definition) is 1. The van der Waals surface area contributed by atoms with E-state index in [0.29, 0.717) is 6.04 Å². The van der Waals surface area contributed by atoms with Gasteiger partial charge in [0.25, 0.3) is 0 Å². The Morgan fingerprint density at radius 1 is 1.47 bits per heavy atom. The minimum absolute atomic E-state index is 0.181. The molecule has 1 aromatic rings. The smallest absolute Gasteiger partial charge is 0.0315 e. The minimum Gasteiger partial charge on any atom is -0.326 e. The van der Waals surface area contributed by atoms with E-state index in [2.05, 4.69) is 36.7 Å². The molecule has 0 aliphatic carbocycles. The number of nitrogens with two attached hydrogens (primary N) is 1. The molecule has 0 radical (unpaired) electrons. The highest BCUT2D eigenvalue weighted by Crippen LogP contribution is 2.26. The Kier molecular flexibility index (Phi) is 3.50. The van der Waals surface area contributed by atoms with Gasteiger partial charge in [0.2, 0.25) is 0 Å². The fraction of sp³-hybridized carbons (Fsp3) is 0.643. The van der Waals surface area contributed by atoms with E-state index in [1.807, 2.05) is 12.4 Å². The van der Waals surface area contributed by atoms with Crippen molar-refractivity contribution in [3.63, 3.8) is 0 Å². The van der Waals surface area contributed by atoms with E-state index in [-0.39, 0.29) is 5.41 Å². The van der Waals surface area contributed by atoms with Crippen LogP contribution >= 0.6 is 0 Å². The SMILES string of the molecule is CC(C)(C)c1ccncc1CN1CCC(N)C1. The zero-order valence-electron chi connectivity index (χ0n) is 11.1. The summed E-state index contributed by atoms with van der Waals surface area (Å²) >= 11 is 0. The Morgan fingerprint density at radius 3 is 2.82 bits per heavy atom. The second kappa shape index (κ2) is 4.75. The molecule has 94 valence electrons. The largest absolute Gasteiger partial charge is 0.326 e. The molecule has 0 aromatic carbocycles. The van der Waals surface area contributed by atoms with Crippen molar-refractivity contribution in [2.45, 2.75) is 45.2 Å². The second-order valence-corrected chi connectivity index (χ2v) is 6.07. The number of aromatic nitrogens is 1. The lowest BCUT2D eigenvalue weighted by Gasteiger charge is -2.25. The average molecular weight is 233 g/mol. The Bertz CT molecular complexity index is 381. The van der Waals surface area contributed by atoms with Gasteiger partial charge in [-0.1, -0.05) is 20.8 Å². The maximum atomic E-state index is 5.95.